The van der Waals surface area contributed by atoms with Crippen molar-refractivity contribution in [2.24, 2.45) is 0 Å². The van der Waals surface area contributed by atoms with Gasteiger partial charge in [0, 0.05) is 45.0 Å². The van der Waals surface area contributed by atoms with Gasteiger partial charge in [-0.05, 0) is 26.0 Å². The topological polar surface area (TPSA) is 45.7 Å². The molecule has 0 spiro atoms. The van der Waals surface area contributed by atoms with Crippen LogP contribution in [0.5, 0.6) is 0 Å². The lowest BCUT2D eigenvalue weighted by Gasteiger charge is -2.44. The van der Waals surface area contributed by atoms with E-state index < -0.39 is 0 Å². The van der Waals surface area contributed by atoms with E-state index in [4.69, 9.17) is 4.74 Å². The lowest BCUT2D eigenvalue weighted by atomic mass is 10.1. The van der Waals surface area contributed by atoms with Crippen LogP contribution in [0.3, 0.4) is 0 Å². The van der Waals surface area contributed by atoms with E-state index in [1.54, 1.807) is 19.4 Å². The SMILES string of the molecule is COCCN1C(C)CN(C(=O)c2ccccn2)CC1C. The molecule has 0 aromatic carbocycles. The Morgan fingerprint density at radius 2 is 2.05 bits per heavy atom. The van der Waals surface area contributed by atoms with Gasteiger partial charge in [0.1, 0.15) is 5.69 Å². The monoisotopic (exact) mass is 277 g/mol. The van der Waals surface area contributed by atoms with Crippen LogP contribution in [0.4, 0.5) is 0 Å². The number of amides is 1. The van der Waals surface area contributed by atoms with Crippen LogP contribution < -0.4 is 0 Å². The number of hydrogen-bond donors (Lipinski definition) is 0. The number of pyridine rings is 1. The summed E-state index contributed by atoms with van der Waals surface area (Å²) in [4.78, 5) is 20.9. The lowest BCUT2D eigenvalue weighted by molar-refractivity contribution is 0.0190. The third-order valence-corrected chi connectivity index (χ3v) is 3.83. The Bertz CT molecular complexity index is 426. The zero-order valence-electron chi connectivity index (χ0n) is 12.5. The Morgan fingerprint density at radius 3 is 2.60 bits per heavy atom. The van der Waals surface area contributed by atoms with Gasteiger partial charge >= 0.3 is 0 Å². The molecule has 20 heavy (non-hydrogen) atoms. The van der Waals surface area contributed by atoms with Crippen molar-refractivity contribution in [3.63, 3.8) is 0 Å². The Kier molecular flexibility index (Phi) is 5.09. The average molecular weight is 277 g/mol. The van der Waals surface area contributed by atoms with Crippen molar-refractivity contribution in [3.8, 4) is 0 Å². The molecular weight excluding hydrogens is 254 g/mol. The summed E-state index contributed by atoms with van der Waals surface area (Å²) in [7, 11) is 1.72. The van der Waals surface area contributed by atoms with E-state index in [2.05, 4.69) is 23.7 Å². The van der Waals surface area contributed by atoms with E-state index in [-0.39, 0.29) is 5.91 Å². The number of piperazine rings is 1. The van der Waals surface area contributed by atoms with E-state index in [1.807, 2.05) is 17.0 Å². The highest BCUT2D eigenvalue weighted by Gasteiger charge is 2.32. The maximum Gasteiger partial charge on any atom is 0.272 e. The summed E-state index contributed by atoms with van der Waals surface area (Å²) in [6.45, 7) is 7.42. The van der Waals surface area contributed by atoms with E-state index in [1.165, 1.54) is 0 Å². The number of nitrogens with zero attached hydrogens (tertiary/aromatic N) is 3. The van der Waals surface area contributed by atoms with Gasteiger partial charge in [0.2, 0.25) is 0 Å². The maximum atomic E-state index is 12.4. The summed E-state index contributed by atoms with van der Waals surface area (Å²) in [6, 6.07) is 6.12. The number of carbonyl (C=O) groups excluding carboxylic acids is 1. The predicted molar refractivity (Wildman–Crippen MR) is 77.6 cm³/mol. The molecular formula is C15H23N3O2. The van der Waals surface area contributed by atoms with Gasteiger partial charge in [-0.25, -0.2) is 0 Å². The van der Waals surface area contributed by atoms with Crippen LogP contribution in [0.2, 0.25) is 0 Å². The molecule has 5 heteroatoms. The number of carbonyl (C=O) groups is 1. The molecule has 0 saturated carbocycles. The fraction of sp³-hybridized carbons (Fsp3) is 0.600. The predicted octanol–water partition coefficient (Wildman–Crippen LogP) is 1.26. The van der Waals surface area contributed by atoms with Crippen LogP contribution in [0.25, 0.3) is 0 Å². The highest BCUT2D eigenvalue weighted by atomic mass is 16.5. The number of hydrogen-bond acceptors (Lipinski definition) is 4. The fourth-order valence-corrected chi connectivity index (χ4v) is 2.81. The zero-order chi connectivity index (χ0) is 14.5. The van der Waals surface area contributed by atoms with Crippen LogP contribution >= 0.6 is 0 Å². The van der Waals surface area contributed by atoms with E-state index in [0.29, 0.717) is 17.8 Å². The third-order valence-electron chi connectivity index (χ3n) is 3.83. The maximum absolute atomic E-state index is 12.4. The molecule has 1 aromatic rings. The molecule has 0 radical (unpaired) electrons. The third kappa shape index (κ3) is 3.35. The molecule has 2 atom stereocenters. The highest BCUT2D eigenvalue weighted by Crippen LogP contribution is 2.17. The summed E-state index contributed by atoms with van der Waals surface area (Å²) in [5.41, 5.74) is 0.525. The molecule has 0 aliphatic carbocycles. The van der Waals surface area contributed by atoms with Gasteiger partial charge in [-0.1, -0.05) is 6.07 Å². The first-order chi connectivity index (χ1) is 9.63. The molecule has 1 fully saturated rings. The number of methoxy groups -OCH3 is 1. The quantitative estimate of drug-likeness (QED) is 0.831. The van der Waals surface area contributed by atoms with Crippen molar-refractivity contribution in [2.75, 3.05) is 33.4 Å². The lowest BCUT2D eigenvalue weighted by Crippen LogP contribution is -2.58. The van der Waals surface area contributed by atoms with Gasteiger partial charge in [0.25, 0.3) is 5.91 Å². The average Bonchev–Trinajstić information content (AvgIpc) is 2.46. The molecule has 2 heterocycles. The van der Waals surface area contributed by atoms with Gasteiger partial charge in [-0.15, -0.1) is 0 Å². The Morgan fingerprint density at radius 1 is 1.35 bits per heavy atom. The molecule has 1 amide bonds. The molecule has 5 nitrogen and oxygen atoms in total. The second kappa shape index (κ2) is 6.81. The zero-order valence-corrected chi connectivity index (χ0v) is 12.5. The Hall–Kier alpha value is -1.46. The van der Waals surface area contributed by atoms with Gasteiger partial charge in [0.05, 0.1) is 6.61 Å². The first kappa shape index (κ1) is 14.9. The molecule has 1 aliphatic rings. The van der Waals surface area contributed by atoms with Crippen molar-refractivity contribution in [3.05, 3.63) is 30.1 Å². The van der Waals surface area contributed by atoms with Gasteiger partial charge in [-0.3, -0.25) is 14.7 Å². The smallest absolute Gasteiger partial charge is 0.272 e. The van der Waals surface area contributed by atoms with Crippen LogP contribution in [-0.2, 0) is 4.74 Å². The number of aromatic nitrogens is 1. The molecule has 1 aromatic heterocycles. The van der Waals surface area contributed by atoms with Crippen molar-refractivity contribution in [1.82, 2.24) is 14.8 Å². The van der Waals surface area contributed by atoms with Crippen LogP contribution in [0, 0.1) is 0 Å². The summed E-state index contributed by atoms with van der Waals surface area (Å²) < 4.78 is 5.15. The molecule has 0 N–H and O–H groups in total. The minimum Gasteiger partial charge on any atom is -0.383 e. The largest absolute Gasteiger partial charge is 0.383 e. The molecule has 0 bridgehead atoms. The minimum atomic E-state index is 0.0238. The second-order valence-electron chi connectivity index (χ2n) is 5.35. The first-order valence-corrected chi connectivity index (χ1v) is 7.08. The molecule has 1 saturated heterocycles. The van der Waals surface area contributed by atoms with E-state index in [9.17, 15) is 4.79 Å². The van der Waals surface area contributed by atoms with Crippen LogP contribution in [0.1, 0.15) is 24.3 Å². The minimum absolute atomic E-state index is 0.0238. The summed E-state index contributed by atoms with van der Waals surface area (Å²) in [5, 5.41) is 0. The standard InChI is InChI=1S/C15H23N3O2/c1-12-10-17(11-13(2)18(12)8-9-20-3)15(19)14-6-4-5-7-16-14/h4-7,12-13H,8-11H2,1-3H3. The van der Waals surface area contributed by atoms with Crippen molar-refractivity contribution in [2.45, 2.75) is 25.9 Å². The van der Waals surface area contributed by atoms with E-state index in [0.717, 1.165) is 26.2 Å². The number of ether oxygens (including phenoxy) is 1. The summed E-state index contributed by atoms with van der Waals surface area (Å²) >= 11 is 0. The second-order valence-corrected chi connectivity index (χ2v) is 5.35. The van der Waals surface area contributed by atoms with Gasteiger partial charge < -0.3 is 9.64 Å². The fourth-order valence-electron chi connectivity index (χ4n) is 2.81. The Labute approximate surface area is 120 Å². The number of rotatable bonds is 4. The van der Waals surface area contributed by atoms with Crippen molar-refractivity contribution >= 4 is 5.91 Å². The Balaban J connectivity index is 2.01. The molecule has 2 rings (SSSR count). The molecule has 1 aliphatic heterocycles. The molecule has 2 unspecified atom stereocenters. The summed E-state index contributed by atoms with van der Waals surface area (Å²) in [5.74, 6) is 0.0238. The van der Waals surface area contributed by atoms with Crippen molar-refractivity contribution in [1.29, 1.82) is 0 Å². The highest BCUT2D eigenvalue weighted by molar-refractivity contribution is 5.92. The summed E-state index contributed by atoms with van der Waals surface area (Å²) in [6.07, 6.45) is 1.66. The van der Waals surface area contributed by atoms with E-state index >= 15 is 0 Å². The van der Waals surface area contributed by atoms with Crippen LogP contribution in [0.15, 0.2) is 24.4 Å². The normalized spacial score (nSPS) is 23.9. The van der Waals surface area contributed by atoms with Gasteiger partial charge in [0.15, 0.2) is 0 Å². The van der Waals surface area contributed by atoms with Crippen molar-refractivity contribution < 1.29 is 9.53 Å². The first-order valence-electron chi connectivity index (χ1n) is 7.08. The molecule has 110 valence electrons. The van der Waals surface area contributed by atoms with Crippen LogP contribution in [-0.4, -0.2) is 66.1 Å². The van der Waals surface area contributed by atoms with Gasteiger partial charge in [-0.2, -0.15) is 0 Å².